The van der Waals surface area contributed by atoms with Crippen molar-refractivity contribution in [1.82, 2.24) is 5.32 Å². The maximum absolute atomic E-state index is 8.97. The van der Waals surface area contributed by atoms with Crippen LogP contribution in [0.1, 0.15) is 50.2 Å². The third-order valence-corrected chi connectivity index (χ3v) is 5.30. The van der Waals surface area contributed by atoms with Crippen LogP contribution < -0.4 is 5.32 Å². The van der Waals surface area contributed by atoms with Gasteiger partial charge in [0.1, 0.15) is 0 Å². The van der Waals surface area contributed by atoms with Gasteiger partial charge < -0.3 is 10.1 Å². The molecule has 2 fully saturated rings. The fourth-order valence-electron chi connectivity index (χ4n) is 4.16. The Balaban J connectivity index is 1.62. The van der Waals surface area contributed by atoms with Crippen molar-refractivity contribution in [2.75, 3.05) is 6.61 Å². The molecule has 0 heterocycles. The van der Waals surface area contributed by atoms with Gasteiger partial charge in [-0.15, -0.1) is 0 Å². The van der Waals surface area contributed by atoms with Crippen LogP contribution in [-0.4, -0.2) is 18.8 Å². The molecule has 112 valence electrons. The first-order chi connectivity index (χ1) is 10.3. The standard InChI is InChI=1S/C18H24N2O/c1-2-21-17-11-16(18(17)8-3-4-9-18)20-13-15-7-5-6-14(10-15)12-19/h5-7,10,16-17,20H,2-4,8-9,11,13H2,1H3. The smallest absolute Gasteiger partial charge is 0.0991 e. The number of hydrogen-bond acceptors (Lipinski definition) is 3. The molecule has 21 heavy (non-hydrogen) atoms. The van der Waals surface area contributed by atoms with Gasteiger partial charge >= 0.3 is 0 Å². The molecule has 1 aromatic carbocycles. The molecule has 0 aliphatic heterocycles. The first-order valence-corrected chi connectivity index (χ1v) is 8.12. The summed E-state index contributed by atoms with van der Waals surface area (Å²) in [5.41, 5.74) is 2.32. The van der Waals surface area contributed by atoms with E-state index in [1.807, 2.05) is 18.2 Å². The average Bonchev–Trinajstić information content (AvgIpc) is 3.03. The molecule has 2 aliphatic carbocycles. The van der Waals surface area contributed by atoms with Gasteiger partial charge in [0, 0.05) is 24.6 Å². The normalized spacial score (nSPS) is 26.5. The lowest BCUT2D eigenvalue weighted by atomic mass is 9.60. The van der Waals surface area contributed by atoms with Gasteiger partial charge in [-0.25, -0.2) is 0 Å². The molecule has 2 unspecified atom stereocenters. The lowest BCUT2D eigenvalue weighted by Crippen LogP contribution is -2.62. The number of nitrogens with one attached hydrogen (secondary N) is 1. The number of nitrogens with zero attached hydrogens (tertiary/aromatic N) is 1. The third-order valence-electron chi connectivity index (χ3n) is 5.30. The molecule has 1 aromatic rings. The summed E-state index contributed by atoms with van der Waals surface area (Å²) in [7, 11) is 0. The molecular formula is C18H24N2O. The zero-order valence-electron chi connectivity index (χ0n) is 12.8. The van der Waals surface area contributed by atoms with E-state index in [-0.39, 0.29) is 0 Å². The summed E-state index contributed by atoms with van der Waals surface area (Å²) in [6.45, 7) is 3.76. The van der Waals surface area contributed by atoms with Crippen LogP contribution in [0.3, 0.4) is 0 Å². The summed E-state index contributed by atoms with van der Waals surface area (Å²) >= 11 is 0. The summed E-state index contributed by atoms with van der Waals surface area (Å²) in [4.78, 5) is 0. The van der Waals surface area contributed by atoms with Crippen molar-refractivity contribution in [3.05, 3.63) is 35.4 Å². The Kier molecular flexibility index (Phi) is 4.28. The minimum absolute atomic E-state index is 0.378. The molecule has 2 saturated carbocycles. The summed E-state index contributed by atoms with van der Waals surface area (Å²) in [6.07, 6.45) is 6.86. The van der Waals surface area contributed by atoms with E-state index >= 15 is 0 Å². The highest BCUT2D eigenvalue weighted by Crippen LogP contribution is 2.54. The van der Waals surface area contributed by atoms with E-state index in [0.29, 0.717) is 17.6 Å². The number of benzene rings is 1. The molecule has 0 saturated heterocycles. The molecule has 0 radical (unpaired) electrons. The second kappa shape index (κ2) is 6.17. The van der Waals surface area contributed by atoms with Gasteiger partial charge in [0.05, 0.1) is 17.7 Å². The molecule has 3 nitrogen and oxygen atoms in total. The molecule has 1 N–H and O–H groups in total. The Labute approximate surface area is 127 Å². The predicted molar refractivity (Wildman–Crippen MR) is 82.7 cm³/mol. The molecule has 3 rings (SSSR count). The van der Waals surface area contributed by atoms with Gasteiger partial charge in [0.25, 0.3) is 0 Å². The van der Waals surface area contributed by atoms with E-state index in [9.17, 15) is 0 Å². The zero-order chi connectivity index (χ0) is 14.7. The van der Waals surface area contributed by atoms with Gasteiger partial charge in [-0.05, 0) is 43.9 Å². The Bertz CT molecular complexity index is 528. The first kappa shape index (κ1) is 14.6. The topological polar surface area (TPSA) is 45.0 Å². The van der Waals surface area contributed by atoms with E-state index in [1.165, 1.54) is 31.2 Å². The van der Waals surface area contributed by atoms with E-state index in [2.05, 4.69) is 24.4 Å². The Hall–Kier alpha value is -1.37. The van der Waals surface area contributed by atoms with Gasteiger partial charge in [-0.2, -0.15) is 5.26 Å². The van der Waals surface area contributed by atoms with E-state index < -0.39 is 0 Å². The first-order valence-electron chi connectivity index (χ1n) is 8.12. The van der Waals surface area contributed by atoms with Crippen LogP contribution >= 0.6 is 0 Å². The molecule has 0 aromatic heterocycles. The minimum Gasteiger partial charge on any atom is -0.378 e. The van der Waals surface area contributed by atoms with Crippen molar-refractivity contribution in [1.29, 1.82) is 5.26 Å². The minimum atomic E-state index is 0.378. The summed E-state index contributed by atoms with van der Waals surface area (Å²) in [6, 6.07) is 10.7. The van der Waals surface area contributed by atoms with Gasteiger partial charge in [0.2, 0.25) is 0 Å². The van der Waals surface area contributed by atoms with Crippen LogP contribution in [0.4, 0.5) is 0 Å². The molecule has 1 spiro atoms. The van der Waals surface area contributed by atoms with E-state index in [4.69, 9.17) is 10.00 Å². The highest BCUT2D eigenvalue weighted by molar-refractivity contribution is 5.32. The summed E-state index contributed by atoms with van der Waals surface area (Å²) in [5, 5.41) is 12.7. The molecule has 2 aliphatic rings. The fraction of sp³-hybridized carbons (Fsp3) is 0.611. The maximum Gasteiger partial charge on any atom is 0.0991 e. The monoisotopic (exact) mass is 284 g/mol. The number of ether oxygens (including phenoxy) is 1. The lowest BCUT2D eigenvalue weighted by Gasteiger charge is -2.54. The zero-order valence-corrected chi connectivity index (χ0v) is 12.8. The summed E-state index contributed by atoms with van der Waals surface area (Å²) < 4.78 is 5.95. The van der Waals surface area contributed by atoms with Gasteiger partial charge in [-0.1, -0.05) is 25.0 Å². The van der Waals surface area contributed by atoms with Crippen molar-refractivity contribution in [2.45, 2.75) is 57.7 Å². The van der Waals surface area contributed by atoms with Crippen LogP contribution in [0.25, 0.3) is 0 Å². The Morgan fingerprint density at radius 1 is 1.38 bits per heavy atom. The van der Waals surface area contributed by atoms with Crippen molar-refractivity contribution in [2.24, 2.45) is 5.41 Å². The molecule has 3 heteroatoms. The van der Waals surface area contributed by atoms with Crippen LogP contribution in [-0.2, 0) is 11.3 Å². The number of nitriles is 1. The fourth-order valence-corrected chi connectivity index (χ4v) is 4.16. The predicted octanol–water partition coefficient (Wildman–Crippen LogP) is 3.39. The summed E-state index contributed by atoms with van der Waals surface area (Å²) in [5.74, 6) is 0. The highest BCUT2D eigenvalue weighted by Gasteiger charge is 2.56. The second-order valence-electron chi connectivity index (χ2n) is 6.37. The lowest BCUT2D eigenvalue weighted by molar-refractivity contribution is -0.130. The molecule has 0 amide bonds. The number of rotatable bonds is 5. The van der Waals surface area contributed by atoms with Gasteiger partial charge in [0.15, 0.2) is 0 Å². The van der Waals surface area contributed by atoms with Crippen molar-refractivity contribution >= 4 is 0 Å². The van der Waals surface area contributed by atoms with Crippen LogP contribution in [0.5, 0.6) is 0 Å². The number of hydrogen-bond donors (Lipinski definition) is 1. The van der Waals surface area contributed by atoms with Crippen molar-refractivity contribution in [3.63, 3.8) is 0 Å². The second-order valence-corrected chi connectivity index (χ2v) is 6.37. The van der Waals surface area contributed by atoms with E-state index in [1.54, 1.807) is 0 Å². The highest BCUT2D eigenvalue weighted by atomic mass is 16.5. The molecule has 0 bridgehead atoms. The Morgan fingerprint density at radius 2 is 2.19 bits per heavy atom. The molecule has 2 atom stereocenters. The maximum atomic E-state index is 8.97. The van der Waals surface area contributed by atoms with Crippen molar-refractivity contribution in [3.8, 4) is 6.07 Å². The quantitative estimate of drug-likeness (QED) is 0.901. The Morgan fingerprint density at radius 3 is 2.90 bits per heavy atom. The average molecular weight is 284 g/mol. The van der Waals surface area contributed by atoms with E-state index in [0.717, 1.165) is 25.1 Å². The SMILES string of the molecule is CCOC1CC(NCc2cccc(C#N)c2)C12CCCC2. The van der Waals surface area contributed by atoms with Crippen LogP contribution in [0, 0.1) is 16.7 Å². The van der Waals surface area contributed by atoms with Gasteiger partial charge in [-0.3, -0.25) is 0 Å². The third kappa shape index (κ3) is 2.71. The molecular weight excluding hydrogens is 260 g/mol. The van der Waals surface area contributed by atoms with Crippen LogP contribution in [0.2, 0.25) is 0 Å². The largest absolute Gasteiger partial charge is 0.378 e. The van der Waals surface area contributed by atoms with Crippen LogP contribution in [0.15, 0.2) is 24.3 Å². The van der Waals surface area contributed by atoms with Crippen molar-refractivity contribution < 1.29 is 4.74 Å².